The first-order valence-corrected chi connectivity index (χ1v) is 8.03. The van der Waals surface area contributed by atoms with E-state index in [1.54, 1.807) is 0 Å². The second-order valence-corrected chi connectivity index (χ2v) is 7.04. The predicted molar refractivity (Wildman–Crippen MR) is 78.9 cm³/mol. The second kappa shape index (κ2) is 6.38. The zero-order chi connectivity index (χ0) is 13.0. The fourth-order valence-electron chi connectivity index (χ4n) is 4.00. The highest BCUT2D eigenvalue weighted by molar-refractivity contribution is 4.95. The molecule has 18 heavy (non-hydrogen) atoms. The summed E-state index contributed by atoms with van der Waals surface area (Å²) in [5, 5.41) is 3.89. The molecule has 0 aliphatic heterocycles. The molecule has 2 unspecified atom stereocenters. The Morgan fingerprint density at radius 2 is 1.78 bits per heavy atom. The fraction of sp³-hybridized carbons (Fsp3) is 1.00. The molecule has 0 saturated heterocycles. The number of hydrogen-bond donors (Lipinski definition) is 1. The monoisotopic (exact) mass is 252 g/mol. The molecule has 2 nitrogen and oxygen atoms in total. The Morgan fingerprint density at radius 1 is 1.06 bits per heavy atom. The van der Waals surface area contributed by atoms with Gasteiger partial charge in [0.15, 0.2) is 0 Å². The lowest BCUT2D eigenvalue weighted by atomic mass is 9.75. The zero-order valence-corrected chi connectivity index (χ0v) is 12.7. The Bertz CT molecular complexity index is 245. The number of nitrogens with zero attached hydrogens (tertiary/aromatic N) is 1. The van der Waals surface area contributed by atoms with Gasteiger partial charge in [0.25, 0.3) is 0 Å². The third kappa shape index (κ3) is 3.48. The molecule has 2 rings (SSSR count). The Kier molecular flexibility index (Phi) is 5.08. The first kappa shape index (κ1) is 14.3. The van der Waals surface area contributed by atoms with Gasteiger partial charge in [0.1, 0.15) is 0 Å². The van der Waals surface area contributed by atoms with E-state index in [1.165, 1.54) is 64.3 Å². The fourth-order valence-corrected chi connectivity index (χ4v) is 4.00. The Labute approximate surface area is 114 Å². The predicted octanol–water partition coefficient (Wildman–Crippen LogP) is 3.42. The minimum atomic E-state index is 0.426. The molecular weight excluding hydrogens is 220 g/mol. The van der Waals surface area contributed by atoms with Crippen LogP contribution in [0.2, 0.25) is 0 Å². The van der Waals surface area contributed by atoms with Crippen LogP contribution in [0.1, 0.15) is 64.7 Å². The van der Waals surface area contributed by atoms with Crippen LogP contribution in [-0.4, -0.2) is 37.1 Å². The first-order valence-electron chi connectivity index (χ1n) is 8.03. The van der Waals surface area contributed by atoms with Gasteiger partial charge in [-0.2, -0.15) is 0 Å². The lowest BCUT2D eigenvalue weighted by Gasteiger charge is -2.46. The summed E-state index contributed by atoms with van der Waals surface area (Å²) in [4.78, 5) is 2.50. The summed E-state index contributed by atoms with van der Waals surface area (Å²) in [5.74, 6) is 0.898. The van der Waals surface area contributed by atoms with Crippen LogP contribution < -0.4 is 5.32 Å². The van der Waals surface area contributed by atoms with E-state index in [0.717, 1.165) is 12.0 Å². The molecule has 2 saturated carbocycles. The maximum atomic E-state index is 3.89. The van der Waals surface area contributed by atoms with E-state index in [-0.39, 0.29) is 0 Å². The summed E-state index contributed by atoms with van der Waals surface area (Å²) >= 11 is 0. The maximum Gasteiger partial charge on any atom is 0.0330 e. The van der Waals surface area contributed by atoms with Gasteiger partial charge in [-0.05, 0) is 45.7 Å². The van der Waals surface area contributed by atoms with Crippen LogP contribution in [0.4, 0.5) is 0 Å². The summed E-state index contributed by atoms with van der Waals surface area (Å²) in [7, 11) is 4.56. The van der Waals surface area contributed by atoms with Crippen molar-refractivity contribution in [2.24, 2.45) is 5.92 Å². The quantitative estimate of drug-likeness (QED) is 0.825. The summed E-state index contributed by atoms with van der Waals surface area (Å²) in [5.41, 5.74) is 0.426. The van der Waals surface area contributed by atoms with Crippen molar-refractivity contribution < 1.29 is 0 Å². The largest absolute Gasteiger partial charge is 0.312 e. The Morgan fingerprint density at radius 3 is 2.39 bits per heavy atom. The molecule has 0 bridgehead atoms. The molecule has 0 spiro atoms. The van der Waals surface area contributed by atoms with Crippen LogP contribution in [0.5, 0.6) is 0 Å². The standard InChI is InChI=1S/C16H32N2/c1-14-8-7-11-16(12-14,18(2)3)13-17-15-9-5-4-6-10-15/h14-15,17H,4-13H2,1-3H3. The van der Waals surface area contributed by atoms with Gasteiger partial charge in [0.05, 0.1) is 0 Å². The molecule has 0 heterocycles. The van der Waals surface area contributed by atoms with Crippen molar-refractivity contribution in [2.45, 2.75) is 76.3 Å². The molecule has 0 amide bonds. The molecule has 0 aromatic carbocycles. The molecule has 2 aliphatic carbocycles. The minimum absolute atomic E-state index is 0.426. The molecule has 0 aromatic heterocycles. The molecule has 2 aliphatic rings. The van der Waals surface area contributed by atoms with Crippen molar-refractivity contribution in [1.82, 2.24) is 10.2 Å². The minimum Gasteiger partial charge on any atom is -0.312 e. The van der Waals surface area contributed by atoms with Gasteiger partial charge in [-0.15, -0.1) is 0 Å². The third-order valence-corrected chi connectivity index (χ3v) is 5.34. The number of hydrogen-bond acceptors (Lipinski definition) is 2. The SMILES string of the molecule is CC1CCCC(CNC2CCCCC2)(N(C)C)C1. The van der Waals surface area contributed by atoms with Gasteiger partial charge < -0.3 is 10.2 Å². The van der Waals surface area contributed by atoms with E-state index in [2.05, 4.69) is 31.2 Å². The van der Waals surface area contributed by atoms with Gasteiger partial charge in [-0.25, -0.2) is 0 Å². The van der Waals surface area contributed by atoms with Gasteiger partial charge >= 0.3 is 0 Å². The van der Waals surface area contributed by atoms with E-state index < -0.39 is 0 Å². The summed E-state index contributed by atoms with van der Waals surface area (Å²) in [6.07, 6.45) is 12.7. The lowest BCUT2D eigenvalue weighted by molar-refractivity contribution is 0.0707. The number of rotatable bonds is 4. The molecule has 0 radical (unpaired) electrons. The third-order valence-electron chi connectivity index (χ3n) is 5.34. The zero-order valence-electron chi connectivity index (χ0n) is 12.7. The van der Waals surface area contributed by atoms with Gasteiger partial charge in [-0.3, -0.25) is 0 Å². The molecule has 2 fully saturated rings. The van der Waals surface area contributed by atoms with Crippen molar-refractivity contribution in [3.63, 3.8) is 0 Å². The van der Waals surface area contributed by atoms with Crippen molar-refractivity contribution >= 4 is 0 Å². The van der Waals surface area contributed by atoms with Crippen LogP contribution in [0.15, 0.2) is 0 Å². The summed E-state index contributed by atoms with van der Waals surface area (Å²) in [6.45, 7) is 3.63. The van der Waals surface area contributed by atoms with Crippen LogP contribution >= 0.6 is 0 Å². The van der Waals surface area contributed by atoms with Gasteiger partial charge in [-0.1, -0.05) is 39.0 Å². The van der Waals surface area contributed by atoms with E-state index in [9.17, 15) is 0 Å². The van der Waals surface area contributed by atoms with Crippen molar-refractivity contribution in [1.29, 1.82) is 0 Å². The lowest BCUT2D eigenvalue weighted by Crippen LogP contribution is -2.55. The second-order valence-electron chi connectivity index (χ2n) is 7.04. The van der Waals surface area contributed by atoms with Crippen LogP contribution in [-0.2, 0) is 0 Å². The number of nitrogens with one attached hydrogen (secondary N) is 1. The molecule has 106 valence electrons. The average molecular weight is 252 g/mol. The Hall–Kier alpha value is -0.0800. The molecule has 2 heteroatoms. The van der Waals surface area contributed by atoms with Crippen molar-refractivity contribution in [3.8, 4) is 0 Å². The van der Waals surface area contributed by atoms with Crippen molar-refractivity contribution in [3.05, 3.63) is 0 Å². The summed E-state index contributed by atoms with van der Waals surface area (Å²) < 4.78 is 0. The van der Waals surface area contributed by atoms with E-state index in [4.69, 9.17) is 0 Å². The van der Waals surface area contributed by atoms with Crippen LogP contribution in [0.25, 0.3) is 0 Å². The average Bonchev–Trinajstić information content (AvgIpc) is 2.37. The van der Waals surface area contributed by atoms with Gasteiger partial charge in [0, 0.05) is 18.1 Å². The Balaban J connectivity index is 1.89. The highest BCUT2D eigenvalue weighted by Crippen LogP contribution is 2.35. The molecule has 1 N–H and O–H groups in total. The molecule has 2 atom stereocenters. The van der Waals surface area contributed by atoms with Crippen LogP contribution in [0, 0.1) is 5.92 Å². The topological polar surface area (TPSA) is 15.3 Å². The normalized spacial score (nSPS) is 35.0. The van der Waals surface area contributed by atoms with E-state index in [1.807, 2.05) is 0 Å². The summed E-state index contributed by atoms with van der Waals surface area (Å²) in [6, 6.07) is 0.799. The molecular formula is C16H32N2. The highest BCUT2D eigenvalue weighted by atomic mass is 15.2. The highest BCUT2D eigenvalue weighted by Gasteiger charge is 2.37. The maximum absolute atomic E-state index is 3.89. The van der Waals surface area contributed by atoms with E-state index in [0.29, 0.717) is 5.54 Å². The molecule has 0 aromatic rings. The van der Waals surface area contributed by atoms with Gasteiger partial charge in [0.2, 0.25) is 0 Å². The van der Waals surface area contributed by atoms with Crippen molar-refractivity contribution in [2.75, 3.05) is 20.6 Å². The first-order chi connectivity index (χ1) is 8.62. The smallest absolute Gasteiger partial charge is 0.0330 e. The number of likely N-dealkylation sites (N-methyl/N-ethyl adjacent to an activating group) is 1. The van der Waals surface area contributed by atoms with E-state index >= 15 is 0 Å². The van der Waals surface area contributed by atoms with Crippen LogP contribution in [0.3, 0.4) is 0 Å².